The van der Waals surface area contributed by atoms with Crippen molar-refractivity contribution in [2.45, 2.75) is 38.1 Å². The van der Waals surface area contributed by atoms with Crippen LogP contribution in [0.15, 0.2) is 36.4 Å². The molecule has 5 nitrogen and oxygen atoms in total. The Hall–Kier alpha value is -2.17. The summed E-state index contributed by atoms with van der Waals surface area (Å²) in [5.41, 5.74) is 0.837. The van der Waals surface area contributed by atoms with Crippen LogP contribution >= 0.6 is 11.3 Å². The molecule has 0 radical (unpaired) electrons. The molecular formula is C22H26F4N2O3S. The van der Waals surface area contributed by atoms with Crippen molar-refractivity contribution in [3.05, 3.63) is 52.0 Å². The van der Waals surface area contributed by atoms with E-state index in [2.05, 4.69) is 28.9 Å². The van der Waals surface area contributed by atoms with E-state index >= 15 is 0 Å². The van der Waals surface area contributed by atoms with Crippen molar-refractivity contribution in [1.82, 2.24) is 4.90 Å². The van der Waals surface area contributed by atoms with Crippen molar-refractivity contribution in [1.29, 1.82) is 0 Å². The Labute approximate surface area is 188 Å². The fraction of sp³-hybridized carbons (Fsp3) is 0.500. The van der Waals surface area contributed by atoms with Gasteiger partial charge in [-0.1, -0.05) is 6.07 Å². The SMILES string of the molecule is Cc1ccc(CN2CCOC3(CCCN(c4cccc(F)c4)C3)C2)s1.O=C(O)C(F)(F)F. The van der Waals surface area contributed by atoms with E-state index in [0.29, 0.717) is 0 Å². The van der Waals surface area contributed by atoms with Gasteiger partial charge in [0, 0.05) is 48.2 Å². The minimum absolute atomic E-state index is 0.130. The van der Waals surface area contributed by atoms with E-state index in [0.717, 1.165) is 57.9 Å². The highest BCUT2D eigenvalue weighted by molar-refractivity contribution is 7.11. The molecule has 2 fully saturated rings. The molecule has 0 amide bonds. The lowest BCUT2D eigenvalue weighted by Gasteiger charge is -2.48. The predicted octanol–water partition coefficient (Wildman–Crippen LogP) is 4.70. The zero-order valence-corrected chi connectivity index (χ0v) is 18.5. The number of alkyl halides is 3. The number of benzene rings is 1. The number of aryl methyl sites for hydroxylation is 1. The number of carbonyl (C=O) groups is 1. The van der Waals surface area contributed by atoms with E-state index in [1.165, 1.54) is 15.8 Å². The molecule has 3 heterocycles. The number of rotatable bonds is 3. The molecule has 0 bridgehead atoms. The van der Waals surface area contributed by atoms with Crippen molar-refractivity contribution in [3.63, 3.8) is 0 Å². The normalized spacial score (nSPS) is 21.8. The molecular weight excluding hydrogens is 448 g/mol. The number of morpholine rings is 1. The summed E-state index contributed by atoms with van der Waals surface area (Å²) in [4.78, 5) is 16.5. The number of carboxylic acids is 1. The van der Waals surface area contributed by atoms with Gasteiger partial charge in [0.2, 0.25) is 0 Å². The van der Waals surface area contributed by atoms with E-state index < -0.39 is 12.1 Å². The molecule has 2 aliphatic heterocycles. The Bertz CT molecular complexity index is 917. The first-order valence-electron chi connectivity index (χ1n) is 10.3. The first-order valence-corrected chi connectivity index (χ1v) is 11.1. The van der Waals surface area contributed by atoms with Gasteiger partial charge in [-0.25, -0.2) is 9.18 Å². The van der Waals surface area contributed by atoms with Gasteiger partial charge >= 0.3 is 12.1 Å². The van der Waals surface area contributed by atoms with E-state index in [-0.39, 0.29) is 11.4 Å². The average Bonchev–Trinajstić information content (AvgIpc) is 3.12. The summed E-state index contributed by atoms with van der Waals surface area (Å²) in [6.45, 7) is 7.70. The van der Waals surface area contributed by atoms with Crippen LogP contribution in [0.4, 0.5) is 23.2 Å². The Morgan fingerprint density at radius 2 is 1.97 bits per heavy atom. The second-order valence-electron chi connectivity index (χ2n) is 8.06. The Balaban J connectivity index is 0.000000360. The predicted molar refractivity (Wildman–Crippen MR) is 115 cm³/mol. The molecule has 1 N–H and O–H groups in total. The van der Waals surface area contributed by atoms with Crippen LogP contribution in [-0.4, -0.2) is 60.5 Å². The number of hydrogen-bond donors (Lipinski definition) is 1. The van der Waals surface area contributed by atoms with Crippen molar-refractivity contribution >= 4 is 23.0 Å². The first kappa shape index (κ1) is 24.5. The number of carboxylic acid groups (broad SMARTS) is 1. The van der Waals surface area contributed by atoms with Gasteiger partial charge in [0.1, 0.15) is 5.82 Å². The first-order chi connectivity index (χ1) is 15.1. The lowest BCUT2D eigenvalue weighted by atomic mass is 9.90. The molecule has 2 saturated heterocycles. The Kier molecular flexibility index (Phi) is 7.79. The van der Waals surface area contributed by atoms with Crippen LogP contribution in [0.25, 0.3) is 0 Å². The van der Waals surface area contributed by atoms with E-state index in [1.807, 2.05) is 17.4 Å². The third kappa shape index (κ3) is 6.66. The number of hydrogen-bond acceptors (Lipinski definition) is 5. The molecule has 1 spiro atoms. The van der Waals surface area contributed by atoms with Crippen LogP contribution in [0.3, 0.4) is 0 Å². The maximum atomic E-state index is 13.6. The van der Waals surface area contributed by atoms with Gasteiger partial charge in [0.25, 0.3) is 0 Å². The maximum absolute atomic E-state index is 13.6. The van der Waals surface area contributed by atoms with E-state index in [1.54, 1.807) is 12.1 Å². The molecule has 0 aliphatic carbocycles. The van der Waals surface area contributed by atoms with Gasteiger partial charge in [-0.3, -0.25) is 4.90 Å². The molecule has 1 aromatic heterocycles. The number of piperidine rings is 1. The van der Waals surface area contributed by atoms with Crippen LogP contribution in [0, 0.1) is 12.7 Å². The highest BCUT2D eigenvalue weighted by Gasteiger charge is 2.41. The smallest absolute Gasteiger partial charge is 0.475 e. The van der Waals surface area contributed by atoms with Crippen LogP contribution < -0.4 is 4.90 Å². The molecule has 4 rings (SSSR count). The number of anilines is 1. The summed E-state index contributed by atoms with van der Waals surface area (Å²) in [7, 11) is 0. The van der Waals surface area contributed by atoms with Gasteiger partial charge < -0.3 is 14.7 Å². The monoisotopic (exact) mass is 474 g/mol. The molecule has 2 aromatic rings. The number of ether oxygens (including phenoxy) is 1. The molecule has 176 valence electrons. The van der Waals surface area contributed by atoms with Crippen molar-refractivity contribution < 1.29 is 32.2 Å². The second-order valence-corrected chi connectivity index (χ2v) is 9.43. The fourth-order valence-electron chi connectivity index (χ4n) is 4.09. The highest BCUT2D eigenvalue weighted by atomic mass is 32.1. The summed E-state index contributed by atoms with van der Waals surface area (Å²) in [6.07, 6.45) is -2.92. The van der Waals surface area contributed by atoms with Gasteiger partial charge in [-0.05, 0) is 50.1 Å². The maximum Gasteiger partial charge on any atom is 0.490 e. The van der Waals surface area contributed by atoms with Gasteiger partial charge in [-0.15, -0.1) is 11.3 Å². The quantitative estimate of drug-likeness (QED) is 0.654. The van der Waals surface area contributed by atoms with Crippen LogP contribution in [-0.2, 0) is 16.1 Å². The summed E-state index contributed by atoms with van der Waals surface area (Å²) in [6, 6.07) is 11.4. The number of nitrogens with zero attached hydrogens (tertiary/aromatic N) is 2. The lowest BCUT2D eigenvalue weighted by Crippen LogP contribution is -2.59. The highest BCUT2D eigenvalue weighted by Crippen LogP contribution is 2.32. The number of thiophene rings is 1. The standard InChI is InChI=1S/C20H25FN2OS.C2HF3O2/c1-16-6-7-19(25-16)13-22-10-11-24-20(14-22)8-3-9-23(15-20)18-5-2-4-17(21)12-18;3-2(4,5)1(6)7/h2,4-7,12H,3,8-11,13-15H2,1H3;(H,6,7). The third-order valence-corrected chi connectivity index (χ3v) is 6.44. The molecule has 0 saturated carbocycles. The van der Waals surface area contributed by atoms with Gasteiger partial charge in [-0.2, -0.15) is 13.2 Å². The second kappa shape index (κ2) is 10.2. The minimum Gasteiger partial charge on any atom is -0.475 e. The average molecular weight is 475 g/mol. The minimum atomic E-state index is -5.08. The van der Waals surface area contributed by atoms with Crippen LogP contribution in [0.1, 0.15) is 22.6 Å². The molecule has 2 aliphatic rings. The Morgan fingerprint density at radius 1 is 1.22 bits per heavy atom. The van der Waals surface area contributed by atoms with E-state index in [4.69, 9.17) is 14.6 Å². The molecule has 1 aromatic carbocycles. The molecule has 10 heteroatoms. The van der Waals surface area contributed by atoms with Crippen LogP contribution in [0.2, 0.25) is 0 Å². The van der Waals surface area contributed by atoms with Crippen LogP contribution in [0.5, 0.6) is 0 Å². The zero-order chi connectivity index (χ0) is 23.4. The molecule has 1 atom stereocenters. The number of aliphatic carboxylic acids is 1. The van der Waals surface area contributed by atoms with Gasteiger partial charge in [0.15, 0.2) is 0 Å². The summed E-state index contributed by atoms with van der Waals surface area (Å²) < 4.78 is 51.6. The molecule has 1 unspecified atom stereocenters. The Morgan fingerprint density at radius 3 is 2.59 bits per heavy atom. The third-order valence-electron chi connectivity index (χ3n) is 5.46. The van der Waals surface area contributed by atoms with Crippen molar-refractivity contribution in [3.8, 4) is 0 Å². The summed E-state index contributed by atoms with van der Waals surface area (Å²) >= 11 is 1.88. The fourth-order valence-corrected chi connectivity index (χ4v) is 5.02. The topological polar surface area (TPSA) is 53.0 Å². The molecule has 32 heavy (non-hydrogen) atoms. The number of halogens is 4. The van der Waals surface area contributed by atoms with Crippen molar-refractivity contribution in [2.75, 3.05) is 37.7 Å². The summed E-state index contributed by atoms with van der Waals surface area (Å²) in [5.74, 6) is -2.93. The lowest BCUT2D eigenvalue weighted by molar-refractivity contribution is -0.192. The largest absolute Gasteiger partial charge is 0.490 e. The zero-order valence-electron chi connectivity index (χ0n) is 17.7. The summed E-state index contributed by atoms with van der Waals surface area (Å²) in [5, 5.41) is 7.12. The van der Waals surface area contributed by atoms with E-state index in [9.17, 15) is 17.6 Å². The van der Waals surface area contributed by atoms with Crippen molar-refractivity contribution in [2.24, 2.45) is 0 Å². The van der Waals surface area contributed by atoms with Gasteiger partial charge in [0.05, 0.1) is 12.2 Å².